The molecule has 1 heterocycles. The maximum Gasteiger partial charge on any atom is 0.0189 e. The minimum atomic E-state index is 0.683. The maximum absolute atomic E-state index is 3.40. The summed E-state index contributed by atoms with van der Waals surface area (Å²) in [6.45, 7) is 8.48. The summed E-state index contributed by atoms with van der Waals surface area (Å²) in [6.07, 6.45) is 6.87. The summed E-state index contributed by atoms with van der Waals surface area (Å²) in [5, 5.41) is 3.40. The summed E-state index contributed by atoms with van der Waals surface area (Å²) >= 11 is 0. The molecule has 0 aromatic carbocycles. The summed E-state index contributed by atoms with van der Waals surface area (Å²) in [4.78, 5) is 2.65. The standard InChI is InChI=1S/C13H28N2/c1-4-12-7-6-9-15(10-8-12)11-13(5-2)14-3/h12-14H,4-11H2,1-3H3. The molecule has 2 atom stereocenters. The van der Waals surface area contributed by atoms with Crippen molar-refractivity contribution in [2.24, 2.45) is 5.92 Å². The van der Waals surface area contributed by atoms with Crippen LogP contribution in [0.4, 0.5) is 0 Å². The van der Waals surface area contributed by atoms with E-state index in [4.69, 9.17) is 0 Å². The van der Waals surface area contributed by atoms with E-state index < -0.39 is 0 Å². The fourth-order valence-corrected chi connectivity index (χ4v) is 2.55. The lowest BCUT2D eigenvalue weighted by Crippen LogP contribution is -2.39. The quantitative estimate of drug-likeness (QED) is 0.753. The fourth-order valence-electron chi connectivity index (χ4n) is 2.55. The average Bonchev–Trinajstić information content (AvgIpc) is 2.50. The molecule has 0 spiro atoms. The molecule has 2 nitrogen and oxygen atoms in total. The van der Waals surface area contributed by atoms with Crippen LogP contribution in [0.15, 0.2) is 0 Å². The van der Waals surface area contributed by atoms with E-state index in [9.17, 15) is 0 Å². The monoisotopic (exact) mass is 212 g/mol. The van der Waals surface area contributed by atoms with Crippen LogP contribution in [0, 0.1) is 5.92 Å². The van der Waals surface area contributed by atoms with Gasteiger partial charge >= 0.3 is 0 Å². The second-order valence-electron chi connectivity index (χ2n) is 4.90. The second-order valence-corrected chi connectivity index (χ2v) is 4.90. The predicted molar refractivity (Wildman–Crippen MR) is 67.2 cm³/mol. The Morgan fingerprint density at radius 3 is 2.67 bits per heavy atom. The Hall–Kier alpha value is -0.0800. The highest BCUT2D eigenvalue weighted by molar-refractivity contribution is 4.74. The highest BCUT2D eigenvalue weighted by Gasteiger charge is 2.17. The van der Waals surface area contributed by atoms with Gasteiger partial charge in [-0.1, -0.05) is 20.3 Å². The predicted octanol–water partition coefficient (Wildman–Crippen LogP) is 2.50. The van der Waals surface area contributed by atoms with Gasteiger partial charge in [0.05, 0.1) is 0 Å². The Bertz CT molecular complexity index is 155. The average molecular weight is 212 g/mol. The summed E-state index contributed by atoms with van der Waals surface area (Å²) in [7, 11) is 2.08. The highest BCUT2D eigenvalue weighted by Crippen LogP contribution is 2.20. The van der Waals surface area contributed by atoms with E-state index in [0.717, 1.165) is 5.92 Å². The number of likely N-dealkylation sites (N-methyl/N-ethyl adjacent to an activating group) is 1. The van der Waals surface area contributed by atoms with E-state index >= 15 is 0 Å². The van der Waals surface area contributed by atoms with Crippen LogP contribution >= 0.6 is 0 Å². The zero-order valence-corrected chi connectivity index (χ0v) is 10.8. The van der Waals surface area contributed by atoms with Crippen molar-refractivity contribution >= 4 is 0 Å². The Morgan fingerprint density at radius 1 is 1.27 bits per heavy atom. The highest BCUT2D eigenvalue weighted by atomic mass is 15.1. The first kappa shape index (κ1) is 13.0. The second kappa shape index (κ2) is 7.24. The van der Waals surface area contributed by atoms with Gasteiger partial charge in [0.2, 0.25) is 0 Å². The van der Waals surface area contributed by atoms with Crippen molar-refractivity contribution in [2.75, 3.05) is 26.7 Å². The molecule has 15 heavy (non-hydrogen) atoms. The summed E-state index contributed by atoms with van der Waals surface area (Å²) in [6, 6.07) is 0.683. The Labute approximate surface area is 95.4 Å². The fraction of sp³-hybridized carbons (Fsp3) is 1.00. The minimum absolute atomic E-state index is 0.683. The van der Waals surface area contributed by atoms with Gasteiger partial charge in [-0.05, 0) is 51.7 Å². The van der Waals surface area contributed by atoms with Crippen LogP contribution in [0.1, 0.15) is 46.0 Å². The molecule has 0 aliphatic carbocycles. The third-order valence-corrected chi connectivity index (χ3v) is 3.90. The van der Waals surface area contributed by atoms with Crippen molar-refractivity contribution in [3.8, 4) is 0 Å². The number of hydrogen-bond donors (Lipinski definition) is 1. The molecule has 0 aromatic heterocycles. The van der Waals surface area contributed by atoms with E-state index in [1.165, 1.54) is 51.7 Å². The number of nitrogens with zero attached hydrogens (tertiary/aromatic N) is 1. The van der Waals surface area contributed by atoms with Gasteiger partial charge in [-0.2, -0.15) is 0 Å². The van der Waals surface area contributed by atoms with Crippen LogP contribution in [0.25, 0.3) is 0 Å². The van der Waals surface area contributed by atoms with Crippen molar-refractivity contribution in [1.29, 1.82) is 0 Å². The smallest absolute Gasteiger partial charge is 0.0189 e. The summed E-state index contributed by atoms with van der Waals surface area (Å²) in [5.74, 6) is 0.990. The number of nitrogens with one attached hydrogen (secondary N) is 1. The molecule has 1 aliphatic rings. The van der Waals surface area contributed by atoms with Crippen LogP contribution < -0.4 is 5.32 Å². The van der Waals surface area contributed by atoms with Gasteiger partial charge in [0.15, 0.2) is 0 Å². The van der Waals surface area contributed by atoms with E-state index in [2.05, 4.69) is 31.1 Å². The molecule has 2 unspecified atom stereocenters. The molecular weight excluding hydrogens is 184 g/mol. The lowest BCUT2D eigenvalue weighted by atomic mass is 9.98. The number of rotatable bonds is 5. The van der Waals surface area contributed by atoms with Gasteiger partial charge in [-0.25, -0.2) is 0 Å². The molecule has 90 valence electrons. The lowest BCUT2D eigenvalue weighted by molar-refractivity contribution is 0.248. The van der Waals surface area contributed by atoms with Crippen LogP contribution in [0.5, 0.6) is 0 Å². The molecule has 1 N–H and O–H groups in total. The first-order valence-electron chi connectivity index (χ1n) is 6.69. The van der Waals surface area contributed by atoms with Gasteiger partial charge in [0.1, 0.15) is 0 Å². The third kappa shape index (κ3) is 4.52. The van der Waals surface area contributed by atoms with Crippen molar-refractivity contribution in [3.05, 3.63) is 0 Å². The summed E-state index contributed by atoms with van der Waals surface area (Å²) in [5.41, 5.74) is 0. The Kier molecular flexibility index (Phi) is 6.26. The van der Waals surface area contributed by atoms with Crippen LogP contribution in [0.2, 0.25) is 0 Å². The van der Waals surface area contributed by atoms with Crippen molar-refractivity contribution < 1.29 is 0 Å². The molecule has 0 radical (unpaired) electrons. The van der Waals surface area contributed by atoms with E-state index in [-0.39, 0.29) is 0 Å². The van der Waals surface area contributed by atoms with Crippen molar-refractivity contribution in [3.63, 3.8) is 0 Å². The minimum Gasteiger partial charge on any atom is -0.316 e. The molecule has 0 aromatic rings. The molecule has 0 bridgehead atoms. The Morgan fingerprint density at radius 2 is 2.07 bits per heavy atom. The number of likely N-dealkylation sites (tertiary alicyclic amines) is 1. The third-order valence-electron chi connectivity index (χ3n) is 3.90. The van der Waals surface area contributed by atoms with E-state index in [1.807, 2.05) is 0 Å². The Balaban J connectivity index is 2.30. The molecule has 1 fully saturated rings. The molecular formula is C13H28N2. The van der Waals surface area contributed by atoms with Gasteiger partial charge < -0.3 is 10.2 Å². The lowest BCUT2D eigenvalue weighted by Gasteiger charge is -2.25. The number of hydrogen-bond acceptors (Lipinski definition) is 2. The van der Waals surface area contributed by atoms with E-state index in [0.29, 0.717) is 6.04 Å². The van der Waals surface area contributed by atoms with Crippen molar-refractivity contribution in [2.45, 2.75) is 52.0 Å². The molecule has 1 aliphatic heterocycles. The van der Waals surface area contributed by atoms with Gasteiger partial charge in [-0.15, -0.1) is 0 Å². The van der Waals surface area contributed by atoms with Gasteiger partial charge in [0, 0.05) is 12.6 Å². The summed E-state index contributed by atoms with van der Waals surface area (Å²) < 4.78 is 0. The SMILES string of the molecule is CCC1CCCN(CC(CC)NC)CC1. The van der Waals surface area contributed by atoms with E-state index in [1.54, 1.807) is 0 Å². The van der Waals surface area contributed by atoms with Crippen LogP contribution in [-0.4, -0.2) is 37.6 Å². The molecule has 0 amide bonds. The normalized spacial score (nSPS) is 26.2. The zero-order valence-electron chi connectivity index (χ0n) is 10.8. The molecule has 1 rings (SSSR count). The molecule has 0 saturated carbocycles. The molecule has 1 saturated heterocycles. The maximum atomic E-state index is 3.40. The van der Waals surface area contributed by atoms with Crippen molar-refractivity contribution in [1.82, 2.24) is 10.2 Å². The topological polar surface area (TPSA) is 15.3 Å². The largest absolute Gasteiger partial charge is 0.316 e. The van der Waals surface area contributed by atoms with Gasteiger partial charge in [0.25, 0.3) is 0 Å². The van der Waals surface area contributed by atoms with Gasteiger partial charge in [-0.3, -0.25) is 0 Å². The molecule has 2 heteroatoms. The van der Waals surface area contributed by atoms with Crippen LogP contribution in [-0.2, 0) is 0 Å². The first-order chi connectivity index (χ1) is 7.30. The first-order valence-corrected chi connectivity index (χ1v) is 6.69. The van der Waals surface area contributed by atoms with Crippen LogP contribution in [0.3, 0.4) is 0 Å². The zero-order chi connectivity index (χ0) is 11.1.